The first kappa shape index (κ1) is 19.4. The Hall–Kier alpha value is -2.40. The molecule has 27 heavy (non-hydrogen) atoms. The number of benzene rings is 1. The highest BCUT2D eigenvalue weighted by Crippen LogP contribution is 2.35. The fourth-order valence-corrected chi connectivity index (χ4v) is 3.66. The number of nitrogens with one attached hydrogen (secondary N) is 1. The molecule has 5 nitrogen and oxygen atoms in total. The third kappa shape index (κ3) is 4.66. The van der Waals surface area contributed by atoms with Crippen molar-refractivity contribution in [2.75, 3.05) is 13.1 Å². The highest BCUT2D eigenvalue weighted by Gasteiger charge is 2.50. The van der Waals surface area contributed by atoms with Gasteiger partial charge in [0.2, 0.25) is 11.8 Å². The van der Waals surface area contributed by atoms with Crippen LogP contribution in [0, 0.1) is 5.41 Å². The van der Waals surface area contributed by atoms with E-state index in [0.29, 0.717) is 31.0 Å². The smallest absolute Gasteiger partial charge is 0.230 e. The van der Waals surface area contributed by atoms with Crippen LogP contribution in [-0.2, 0) is 22.4 Å². The molecule has 1 aromatic heterocycles. The van der Waals surface area contributed by atoms with E-state index < -0.39 is 5.41 Å². The Bertz CT molecular complexity index is 802. The summed E-state index contributed by atoms with van der Waals surface area (Å²) in [4.78, 5) is 30.6. The predicted octanol–water partition coefficient (Wildman–Crippen LogP) is 2.87. The van der Waals surface area contributed by atoms with Gasteiger partial charge < -0.3 is 10.2 Å². The van der Waals surface area contributed by atoms with Crippen molar-refractivity contribution in [3.05, 3.63) is 64.9 Å². The first-order valence-electron chi connectivity index (χ1n) is 9.08. The van der Waals surface area contributed by atoms with Gasteiger partial charge >= 0.3 is 0 Å². The average molecular weight is 386 g/mol. The van der Waals surface area contributed by atoms with Crippen molar-refractivity contribution in [3.63, 3.8) is 0 Å². The minimum absolute atomic E-state index is 0.00191. The van der Waals surface area contributed by atoms with Gasteiger partial charge in [0.15, 0.2) is 0 Å². The molecule has 1 aliphatic rings. The molecule has 2 amide bonds. The quantitative estimate of drug-likeness (QED) is 0.831. The lowest BCUT2D eigenvalue weighted by atomic mass is 9.73. The summed E-state index contributed by atoms with van der Waals surface area (Å²) in [7, 11) is 0. The molecular weight excluding hydrogens is 362 g/mol. The molecule has 1 N–H and O–H groups in total. The van der Waals surface area contributed by atoms with E-state index in [4.69, 9.17) is 11.6 Å². The Kier molecular flexibility index (Phi) is 5.80. The van der Waals surface area contributed by atoms with Gasteiger partial charge in [0.25, 0.3) is 0 Å². The molecule has 6 heteroatoms. The molecule has 3 rings (SSSR count). The van der Waals surface area contributed by atoms with Crippen molar-refractivity contribution in [1.29, 1.82) is 0 Å². The molecule has 1 atom stereocenters. The lowest BCUT2D eigenvalue weighted by Gasteiger charge is -2.49. The molecule has 0 bridgehead atoms. The molecule has 1 aromatic carbocycles. The molecule has 0 aliphatic carbocycles. The standard InChI is InChI=1S/C21H24ClN3O2/c1-15(10-18-4-3-9-23-12-18)24-20(27)21(13-25(14-21)16(2)26)11-17-5-7-19(22)8-6-17/h3-9,12,15H,10-11,13-14H2,1-2H3,(H,24,27). The van der Waals surface area contributed by atoms with Gasteiger partial charge in [0.05, 0.1) is 5.41 Å². The van der Waals surface area contributed by atoms with E-state index in [1.165, 1.54) is 6.92 Å². The highest BCUT2D eigenvalue weighted by atomic mass is 35.5. The highest BCUT2D eigenvalue weighted by molar-refractivity contribution is 6.30. The van der Waals surface area contributed by atoms with Gasteiger partial charge in [-0.25, -0.2) is 0 Å². The van der Waals surface area contributed by atoms with Crippen LogP contribution in [0.15, 0.2) is 48.8 Å². The van der Waals surface area contributed by atoms with E-state index in [-0.39, 0.29) is 17.9 Å². The van der Waals surface area contributed by atoms with Gasteiger partial charge in [-0.1, -0.05) is 29.8 Å². The van der Waals surface area contributed by atoms with Crippen LogP contribution in [0.25, 0.3) is 0 Å². The van der Waals surface area contributed by atoms with E-state index in [1.807, 2.05) is 49.5 Å². The minimum Gasteiger partial charge on any atom is -0.353 e. The number of hydrogen-bond donors (Lipinski definition) is 1. The summed E-state index contributed by atoms with van der Waals surface area (Å²) in [6.45, 7) is 4.41. The zero-order valence-corrected chi connectivity index (χ0v) is 16.4. The van der Waals surface area contributed by atoms with Gasteiger partial charge in [-0.15, -0.1) is 0 Å². The van der Waals surface area contributed by atoms with E-state index in [1.54, 1.807) is 11.1 Å². The Morgan fingerprint density at radius 3 is 2.52 bits per heavy atom. The Morgan fingerprint density at radius 1 is 1.22 bits per heavy atom. The molecule has 0 spiro atoms. The zero-order valence-electron chi connectivity index (χ0n) is 15.6. The van der Waals surface area contributed by atoms with Crippen LogP contribution in [0.5, 0.6) is 0 Å². The molecule has 0 radical (unpaired) electrons. The Labute approximate surface area is 164 Å². The van der Waals surface area contributed by atoms with Gasteiger partial charge in [-0.2, -0.15) is 0 Å². The number of halogens is 1. The van der Waals surface area contributed by atoms with Crippen molar-refractivity contribution in [3.8, 4) is 0 Å². The summed E-state index contributed by atoms with van der Waals surface area (Å²) in [5, 5.41) is 3.80. The van der Waals surface area contributed by atoms with Crippen molar-refractivity contribution in [2.45, 2.75) is 32.7 Å². The number of carbonyl (C=O) groups excluding carboxylic acids is 2. The summed E-state index contributed by atoms with van der Waals surface area (Å²) >= 11 is 5.97. The van der Waals surface area contributed by atoms with Gasteiger partial charge in [-0.05, 0) is 49.1 Å². The van der Waals surface area contributed by atoms with Crippen LogP contribution in [0.1, 0.15) is 25.0 Å². The SMILES string of the molecule is CC(=O)N1CC(Cc2ccc(Cl)cc2)(C(=O)NC(C)Cc2cccnc2)C1. The number of nitrogens with zero attached hydrogens (tertiary/aromatic N) is 2. The molecule has 0 saturated carbocycles. The maximum absolute atomic E-state index is 13.1. The van der Waals surface area contributed by atoms with Crippen molar-refractivity contribution in [1.82, 2.24) is 15.2 Å². The van der Waals surface area contributed by atoms with Crippen molar-refractivity contribution >= 4 is 23.4 Å². The number of likely N-dealkylation sites (tertiary alicyclic amines) is 1. The molecular formula is C21H24ClN3O2. The third-order valence-corrected chi connectivity index (χ3v) is 5.26. The molecule has 1 fully saturated rings. The van der Waals surface area contributed by atoms with E-state index in [0.717, 1.165) is 11.1 Å². The third-order valence-electron chi connectivity index (χ3n) is 5.01. The number of carbonyl (C=O) groups is 2. The second kappa shape index (κ2) is 8.09. The first-order chi connectivity index (χ1) is 12.9. The largest absolute Gasteiger partial charge is 0.353 e. The second-order valence-electron chi connectivity index (χ2n) is 7.40. The normalized spacial score (nSPS) is 16.3. The number of aromatic nitrogens is 1. The minimum atomic E-state index is -0.595. The van der Waals surface area contributed by atoms with Gasteiger partial charge in [0.1, 0.15) is 0 Å². The summed E-state index contributed by atoms with van der Waals surface area (Å²) in [5.74, 6) is -0.00993. The Balaban J connectivity index is 1.69. The topological polar surface area (TPSA) is 62.3 Å². The summed E-state index contributed by atoms with van der Waals surface area (Å²) < 4.78 is 0. The van der Waals surface area contributed by atoms with Crippen LogP contribution in [-0.4, -0.2) is 40.8 Å². The summed E-state index contributed by atoms with van der Waals surface area (Å²) in [5.41, 5.74) is 1.52. The summed E-state index contributed by atoms with van der Waals surface area (Å²) in [6.07, 6.45) is 4.85. The maximum Gasteiger partial charge on any atom is 0.230 e. The molecule has 2 heterocycles. The van der Waals surface area contributed by atoms with Gasteiger partial charge in [-0.3, -0.25) is 14.6 Å². The Morgan fingerprint density at radius 2 is 1.93 bits per heavy atom. The van der Waals surface area contributed by atoms with Crippen molar-refractivity contribution < 1.29 is 9.59 Å². The predicted molar refractivity (Wildman–Crippen MR) is 105 cm³/mol. The first-order valence-corrected chi connectivity index (χ1v) is 9.46. The maximum atomic E-state index is 13.1. The van der Waals surface area contributed by atoms with Crippen molar-refractivity contribution in [2.24, 2.45) is 5.41 Å². The van der Waals surface area contributed by atoms with Crippen LogP contribution >= 0.6 is 11.6 Å². The van der Waals surface area contributed by atoms with Gasteiger partial charge in [0, 0.05) is 43.5 Å². The fourth-order valence-electron chi connectivity index (χ4n) is 3.54. The molecule has 1 saturated heterocycles. The van der Waals surface area contributed by atoms with E-state index in [9.17, 15) is 9.59 Å². The van der Waals surface area contributed by atoms with Crippen LogP contribution in [0.2, 0.25) is 5.02 Å². The number of amides is 2. The lowest BCUT2D eigenvalue weighted by Crippen LogP contribution is -2.66. The summed E-state index contributed by atoms with van der Waals surface area (Å²) in [6, 6.07) is 11.4. The fraction of sp³-hybridized carbons (Fsp3) is 0.381. The lowest BCUT2D eigenvalue weighted by molar-refractivity contribution is -0.152. The van der Waals surface area contributed by atoms with E-state index in [2.05, 4.69) is 10.3 Å². The zero-order chi connectivity index (χ0) is 19.4. The van der Waals surface area contributed by atoms with Crippen LogP contribution in [0.4, 0.5) is 0 Å². The number of rotatable bonds is 6. The monoisotopic (exact) mass is 385 g/mol. The molecule has 2 aromatic rings. The van der Waals surface area contributed by atoms with E-state index >= 15 is 0 Å². The molecule has 1 unspecified atom stereocenters. The molecule has 1 aliphatic heterocycles. The average Bonchev–Trinajstić information content (AvgIpc) is 2.59. The molecule has 142 valence electrons. The van der Waals surface area contributed by atoms with Crippen LogP contribution in [0.3, 0.4) is 0 Å². The number of pyridine rings is 1. The second-order valence-corrected chi connectivity index (χ2v) is 7.83. The number of hydrogen-bond acceptors (Lipinski definition) is 3. The van der Waals surface area contributed by atoms with Crippen LogP contribution < -0.4 is 5.32 Å².